The molecule has 0 bridgehead atoms. The molecule has 1 fully saturated rings. The SMILES string of the molecule is COCOC1CC(CCc2ccccc2)CCCC(O)C1=O. The zero-order chi connectivity index (χ0) is 15.8. The molecular formula is C18H26O4. The summed E-state index contributed by atoms with van der Waals surface area (Å²) in [6.45, 7) is 0.0918. The average Bonchev–Trinajstić information content (AvgIpc) is 2.54. The van der Waals surface area contributed by atoms with Crippen molar-refractivity contribution in [3.05, 3.63) is 35.9 Å². The van der Waals surface area contributed by atoms with Crippen LogP contribution >= 0.6 is 0 Å². The topological polar surface area (TPSA) is 55.8 Å². The van der Waals surface area contributed by atoms with E-state index in [1.807, 2.05) is 6.07 Å². The summed E-state index contributed by atoms with van der Waals surface area (Å²) in [5.41, 5.74) is 1.32. The third kappa shape index (κ3) is 5.20. The maximum Gasteiger partial charge on any atom is 0.189 e. The molecule has 1 aliphatic carbocycles. The fourth-order valence-corrected chi connectivity index (χ4v) is 3.07. The number of benzene rings is 1. The number of Topliss-reactive ketones (excluding diaryl/α,β-unsaturated/α-hetero) is 1. The summed E-state index contributed by atoms with van der Waals surface area (Å²) in [7, 11) is 1.54. The molecule has 1 aromatic carbocycles. The van der Waals surface area contributed by atoms with Gasteiger partial charge < -0.3 is 14.6 Å². The lowest BCUT2D eigenvalue weighted by atomic mass is 9.84. The van der Waals surface area contributed by atoms with E-state index in [0.29, 0.717) is 18.8 Å². The number of ketones is 1. The Balaban J connectivity index is 1.93. The summed E-state index contributed by atoms with van der Waals surface area (Å²) in [5.74, 6) is 0.250. The predicted molar refractivity (Wildman–Crippen MR) is 84.5 cm³/mol. The number of aryl methyl sites for hydroxylation is 1. The quantitative estimate of drug-likeness (QED) is 0.821. The molecule has 22 heavy (non-hydrogen) atoms. The number of rotatable bonds is 6. The van der Waals surface area contributed by atoms with Gasteiger partial charge in [-0.25, -0.2) is 0 Å². The van der Waals surface area contributed by atoms with Gasteiger partial charge in [0, 0.05) is 7.11 Å². The van der Waals surface area contributed by atoms with E-state index in [2.05, 4.69) is 24.3 Å². The van der Waals surface area contributed by atoms with Gasteiger partial charge in [-0.1, -0.05) is 43.2 Å². The van der Waals surface area contributed by atoms with Crippen molar-refractivity contribution >= 4 is 5.78 Å². The number of aliphatic hydroxyl groups is 1. The summed E-state index contributed by atoms with van der Waals surface area (Å²) in [4.78, 5) is 12.2. The molecule has 1 aromatic rings. The summed E-state index contributed by atoms with van der Waals surface area (Å²) in [6.07, 6.45) is 3.75. The minimum absolute atomic E-state index is 0.0918. The van der Waals surface area contributed by atoms with E-state index < -0.39 is 12.2 Å². The first-order valence-electron chi connectivity index (χ1n) is 8.07. The first kappa shape index (κ1) is 17.1. The Bertz CT molecular complexity index is 446. The summed E-state index contributed by atoms with van der Waals surface area (Å²) in [6, 6.07) is 10.4. The monoisotopic (exact) mass is 306 g/mol. The van der Waals surface area contributed by atoms with Crippen LogP contribution in [0.1, 0.15) is 37.7 Å². The molecule has 1 N–H and O–H groups in total. The minimum atomic E-state index is -0.892. The van der Waals surface area contributed by atoms with Gasteiger partial charge >= 0.3 is 0 Å². The third-order valence-electron chi connectivity index (χ3n) is 4.35. The highest BCUT2D eigenvalue weighted by molar-refractivity contribution is 5.87. The van der Waals surface area contributed by atoms with Crippen molar-refractivity contribution in [1.82, 2.24) is 0 Å². The Morgan fingerprint density at radius 2 is 2.00 bits per heavy atom. The molecule has 0 spiro atoms. The highest BCUT2D eigenvalue weighted by Gasteiger charge is 2.31. The molecule has 4 nitrogen and oxygen atoms in total. The number of carbonyl (C=O) groups is 1. The van der Waals surface area contributed by atoms with Crippen LogP contribution in [0.5, 0.6) is 0 Å². The molecule has 1 aliphatic rings. The lowest BCUT2D eigenvalue weighted by molar-refractivity contribution is -0.151. The minimum Gasteiger partial charge on any atom is -0.385 e. The third-order valence-corrected chi connectivity index (χ3v) is 4.35. The number of ether oxygens (including phenoxy) is 2. The first-order valence-corrected chi connectivity index (χ1v) is 8.07. The molecule has 1 saturated carbocycles. The van der Waals surface area contributed by atoms with Gasteiger partial charge in [-0.05, 0) is 37.2 Å². The number of hydrogen-bond acceptors (Lipinski definition) is 4. The molecule has 0 radical (unpaired) electrons. The number of aliphatic hydroxyl groups excluding tert-OH is 1. The lowest BCUT2D eigenvalue weighted by Gasteiger charge is -2.27. The lowest BCUT2D eigenvalue weighted by Crippen LogP contribution is -2.38. The summed E-state index contributed by atoms with van der Waals surface area (Å²) in [5, 5.41) is 9.88. The van der Waals surface area contributed by atoms with Crippen molar-refractivity contribution in [2.75, 3.05) is 13.9 Å². The number of carbonyl (C=O) groups excluding carboxylic acids is 1. The van der Waals surface area contributed by atoms with Crippen molar-refractivity contribution in [2.45, 2.75) is 50.7 Å². The molecule has 122 valence electrons. The van der Waals surface area contributed by atoms with E-state index in [1.165, 1.54) is 12.7 Å². The highest BCUT2D eigenvalue weighted by atomic mass is 16.7. The van der Waals surface area contributed by atoms with Crippen LogP contribution in [0, 0.1) is 5.92 Å². The summed E-state index contributed by atoms with van der Waals surface area (Å²) >= 11 is 0. The Morgan fingerprint density at radius 3 is 2.73 bits per heavy atom. The van der Waals surface area contributed by atoms with Crippen molar-refractivity contribution in [3.8, 4) is 0 Å². The maximum absolute atomic E-state index is 12.2. The van der Waals surface area contributed by atoms with Crippen LogP contribution in [0.4, 0.5) is 0 Å². The van der Waals surface area contributed by atoms with Crippen LogP contribution in [0.3, 0.4) is 0 Å². The number of hydrogen-bond donors (Lipinski definition) is 1. The van der Waals surface area contributed by atoms with E-state index >= 15 is 0 Å². The Morgan fingerprint density at radius 1 is 1.23 bits per heavy atom. The van der Waals surface area contributed by atoms with E-state index in [9.17, 15) is 9.90 Å². The molecule has 2 rings (SSSR count). The molecule has 3 unspecified atom stereocenters. The Hall–Kier alpha value is -1.23. The standard InChI is InChI=1S/C18H26O4/c1-21-13-22-17-12-15(8-5-9-16(19)18(17)20)11-10-14-6-3-2-4-7-14/h2-4,6-7,15-17,19H,5,8-13H2,1H3. The van der Waals surface area contributed by atoms with Gasteiger partial charge in [0.1, 0.15) is 19.0 Å². The zero-order valence-corrected chi connectivity index (χ0v) is 13.2. The molecule has 0 aromatic heterocycles. The average molecular weight is 306 g/mol. The first-order chi connectivity index (χ1) is 10.7. The molecule has 3 atom stereocenters. The van der Waals surface area contributed by atoms with Crippen LogP contribution in [-0.4, -0.2) is 37.0 Å². The van der Waals surface area contributed by atoms with Crippen molar-refractivity contribution in [2.24, 2.45) is 5.92 Å². The van der Waals surface area contributed by atoms with Gasteiger partial charge in [-0.15, -0.1) is 0 Å². The Labute approximate surface area is 132 Å². The maximum atomic E-state index is 12.2. The second-order valence-electron chi connectivity index (χ2n) is 6.04. The second-order valence-corrected chi connectivity index (χ2v) is 6.04. The molecular weight excluding hydrogens is 280 g/mol. The fraction of sp³-hybridized carbons (Fsp3) is 0.611. The molecule has 0 amide bonds. The van der Waals surface area contributed by atoms with Crippen LogP contribution < -0.4 is 0 Å². The summed E-state index contributed by atoms with van der Waals surface area (Å²) < 4.78 is 10.4. The van der Waals surface area contributed by atoms with Gasteiger partial charge in [0.2, 0.25) is 0 Å². The van der Waals surface area contributed by atoms with Crippen LogP contribution in [0.2, 0.25) is 0 Å². The van der Waals surface area contributed by atoms with Crippen LogP contribution in [0.15, 0.2) is 30.3 Å². The van der Waals surface area contributed by atoms with E-state index in [-0.39, 0.29) is 12.6 Å². The fourth-order valence-electron chi connectivity index (χ4n) is 3.07. The van der Waals surface area contributed by atoms with Gasteiger partial charge in [0.25, 0.3) is 0 Å². The van der Waals surface area contributed by atoms with Crippen molar-refractivity contribution < 1.29 is 19.4 Å². The molecule has 0 aliphatic heterocycles. The van der Waals surface area contributed by atoms with Crippen molar-refractivity contribution in [3.63, 3.8) is 0 Å². The zero-order valence-electron chi connectivity index (χ0n) is 13.2. The van der Waals surface area contributed by atoms with Gasteiger partial charge in [-0.3, -0.25) is 4.79 Å². The van der Waals surface area contributed by atoms with Crippen LogP contribution in [0.25, 0.3) is 0 Å². The number of methoxy groups -OCH3 is 1. The van der Waals surface area contributed by atoms with Gasteiger partial charge in [0.15, 0.2) is 5.78 Å². The molecule has 0 heterocycles. The molecule has 4 heteroatoms. The van der Waals surface area contributed by atoms with Gasteiger partial charge in [0.05, 0.1) is 0 Å². The van der Waals surface area contributed by atoms with Gasteiger partial charge in [-0.2, -0.15) is 0 Å². The van der Waals surface area contributed by atoms with E-state index in [0.717, 1.165) is 25.7 Å². The van der Waals surface area contributed by atoms with Crippen molar-refractivity contribution in [1.29, 1.82) is 0 Å². The van der Waals surface area contributed by atoms with E-state index in [1.54, 1.807) is 0 Å². The predicted octanol–water partition coefficient (Wildman–Crippen LogP) is 2.73. The van der Waals surface area contributed by atoms with E-state index in [4.69, 9.17) is 9.47 Å². The Kier molecular flexibility index (Phi) is 7.03. The molecule has 0 saturated heterocycles. The second kappa shape index (κ2) is 9.03. The smallest absolute Gasteiger partial charge is 0.189 e. The highest BCUT2D eigenvalue weighted by Crippen LogP contribution is 2.27. The largest absolute Gasteiger partial charge is 0.385 e. The van der Waals surface area contributed by atoms with Crippen LogP contribution in [-0.2, 0) is 20.7 Å². The normalized spacial score (nSPS) is 26.5.